The van der Waals surface area contributed by atoms with E-state index in [0.717, 1.165) is 17.7 Å². The predicted octanol–water partition coefficient (Wildman–Crippen LogP) is 4.83. The van der Waals surface area contributed by atoms with Gasteiger partial charge in [0.25, 0.3) is 0 Å². The van der Waals surface area contributed by atoms with Gasteiger partial charge < -0.3 is 4.52 Å². The quantitative estimate of drug-likeness (QED) is 0.595. The van der Waals surface area contributed by atoms with Gasteiger partial charge in [0.15, 0.2) is 0 Å². The molecule has 0 radical (unpaired) electrons. The highest BCUT2D eigenvalue weighted by Crippen LogP contribution is 2.29. The van der Waals surface area contributed by atoms with E-state index in [1.807, 2.05) is 4.90 Å². The second-order valence-corrected chi connectivity index (χ2v) is 6.34. The molecular formula is C19H17F4N3O. The summed E-state index contributed by atoms with van der Waals surface area (Å²) in [6, 6.07) is 9.67. The lowest BCUT2D eigenvalue weighted by atomic mass is 10.1. The van der Waals surface area contributed by atoms with Crippen LogP contribution >= 0.6 is 0 Å². The SMILES string of the molecule is Cc1ccc(-c2noc(CN(C)Cc3ccc(C(F)(F)F)cc3)n2)cc1F. The first-order chi connectivity index (χ1) is 12.7. The fraction of sp³-hybridized carbons (Fsp3) is 0.263. The summed E-state index contributed by atoms with van der Waals surface area (Å²) in [6.07, 6.45) is -4.35. The number of nitrogens with zero attached hydrogens (tertiary/aromatic N) is 3. The van der Waals surface area contributed by atoms with Crippen molar-refractivity contribution in [3.8, 4) is 11.4 Å². The summed E-state index contributed by atoms with van der Waals surface area (Å²) in [6.45, 7) is 2.38. The molecule has 0 fully saturated rings. The summed E-state index contributed by atoms with van der Waals surface area (Å²) in [4.78, 5) is 6.07. The monoisotopic (exact) mass is 379 g/mol. The van der Waals surface area contributed by atoms with Crippen molar-refractivity contribution in [3.05, 3.63) is 70.9 Å². The zero-order valence-electron chi connectivity index (χ0n) is 14.7. The molecule has 1 heterocycles. The van der Waals surface area contributed by atoms with Crippen molar-refractivity contribution < 1.29 is 22.1 Å². The van der Waals surface area contributed by atoms with Gasteiger partial charge >= 0.3 is 6.18 Å². The molecule has 0 unspecified atom stereocenters. The van der Waals surface area contributed by atoms with Gasteiger partial charge in [0, 0.05) is 12.1 Å². The molecule has 0 aliphatic rings. The van der Waals surface area contributed by atoms with Crippen molar-refractivity contribution in [2.45, 2.75) is 26.2 Å². The average Bonchev–Trinajstić information content (AvgIpc) is 3.05. The number of aryl methyl sites for hydroxylation is 1. The van der Waals surface area contributed by atoms with Gasteiger partial charge in [-0.15, -0.1) is 0 Å². The zero-order chi connectivity index (χ0) is 19.6. The van der Waals surface area contributed by atoms with E-state index in [9.17, 15) is 17.6 Å². The first kappa shape index (κ1) is 19.0. The molecule has 0 aliphatic heterocycles. The van der Waals surface area contributed by atoms with Crippen LogP contribution in [0.4, 0.5) is 17.6 Å². The third-order valence-electron chi connectivity index (χ3n) is 4.04. The van der Waals surface area contributed by atoms with Crippen molar-refractivity contribution >= 4 is 0 Å². The van der Waals surface area contributed by atoms with Crippen LogP contribution < -0.4 is 0 Å². The van der Waals surface area contributed by atoms with Crippen molar-refractivity contribution in [3.63, 3.8) is 0 Å². The third-order valence-corrected chi connectivity index (χ3v) is 4.04. The van der Waals surface area contributed by atoms with E-state index in [-0.39, 0.29) is 11.6 Å². The molecule has 3 aromatic rings. The van der Waals surface area contributed by atoms with E-state index < -0.39 is 11.7 Å². The van der Waals surface area contributed by atoms with Crippen LogP contribution in [-0.4, -0.2) is 22.1 Å². The average molecular weight is 379 g/mol. The minimum Gasteiger partial charge on any atom is -0.338 e. The number of alkyl halides is 3. The molecule has 2 aromatic carbocycles. The topological polar surface area (TPSA) is 42.2 Å². The minimum absolute atomic E-state index is 0.284. The van der Waals surface area contributed by atoms with E-state index in [4.69, 9.17) is 4.52 Å². The van der Waals surface area contributed by atoms with Crippen molar-refractivity contribution in [1.82, 2.24) is 15.0 Å². The van der Waals surface area contributed by atoms with Crippen molar-refractivity contribution in [2.75, 3.05) is 7.05 Å². The molecule has 0 bridgehead atoms. The summed E-state index contributed by atoms with van der Waals surface area (Å²) in [5.41, 5.74) is 1.09. The Morgan fingerprint density at radius 3 is 2.37 bits per heavy atom. The van der Waals surface area contributed by atoms with Gasteiger partial charge in [-0.05, 0) is 43.3 Å². The number of rotatable bonds is 5. The lowest BCUT2D eigenvalue weighted by Crippen LogP contribution is -2.17. The van der Waals surface area contributed by atoms with Crippen LogP contribution in [0, 0.1) is 12.7 Å². The van der Waals surface area contributed by atoms with Crippen LogP contribution in [0.5, 0.6) is 0 Å². The second kappa shape index (κ2) is 7.48. The molecule has 27 heavy (non-hydrogen) atoms. The zero-order valence-corrected chi connectivity index (χ0v) is 14.7. The molecule has 0 aliphatic carbocycles. The molecule has 0 amide bonds. The van der Waals surface area contributed by atoms with Gasteiger partial charge in [-0.1, -0.05) is 29.4 Å². The first-order valence-electron chi connectivity index (χ1n) is 8.16. The minimum atomic E-state index is -4.35. The van der Waals surface area contributed by atoms with E-state index in [2.05, 4.69) is 10.1 Å². The Labute approximate surface area is 153 Å². The highest BCUT2D eigenvalue weighted by Gasteiger charge is 2.29. The molecule has 0 saturated heterocycles. The summed E-state index contributed by atoms with van der Waals surface area (Å²) in [5.74, 6) is 0.269. The maximum Gasteiger partial charge on any atom is 0.416 e. The predicted molar refractivity (Wildman–Crippen MR) is 91.0 cm³/mol. The fourth-order valence-electron chi connectivity index (χ4n) is 2.57. The Balaban J connectivity index is 1.64. The largest absolute Gasteiger partial charge is 0.416 e. The molecule has 4 nitrogen and oxygen atoms in total. The first-order valence-corrected chi connectivity index (χ1v) is 8.16. The summed E-state index contributed by atoms with van der Waals surface area (Å²) >= 11 is 0. The van der Waals surface area contributed by atoms with Crippen LogP contribution in [0.2, 0.25) is 0 Å². The van der Waals surface area contributed by atoms with Crippen LogP contribution in [0.25, 0.3) is 11.4 Å². The number of benzene rings is 2. The molecule has 0 saturated carbocycles. The van der Waals surface area contributed by atoms with Crippen molar-refractivity contribution in [2.24, 2.45) is 0 Å². The lowest BCUT2D eigenvalue weighted by Gasteiger charge is -2.14. The molecule has 0 N–H and O–H groups in total. The highest BCUT2D eigenvalue weighted by molar-refractivity contribution is 5.54. The van der Waals surface area contributed by atoms with E-state index in [1.165, 1.54) is 18.2 Å². The van der Waals surface area contributed by atoms with Crippen LogP contribution in [-0.2, 0) is 19.3 Å². The van der Waals surface area contributed by atoms with Crippen LogP contribution in [0.1, 0.15) is 22.6 Å². The standard InChI is InChI=1S/C19H17F4N3O/c1-12-3-6-14(9-16(12)20)18-24-17(27-25-18)11-26(2)10-13-4-7-15(8-5-13)19(21,22)23/h3-9H,10-11H2,1-2H3. The molecule has 8 heteroatoms. The van der Waals surface area contributed by atoms with Crippen LogP contribution in [0.15, 0.2) is 47.0 Å². The maximum absolute atomic E-state index is 13.7. The third kappa shape index (κ3) is 4.71. The van der Waals surface area contributed by atoms with Crippen molar-refractivity contribution in [1.29, 1.82) is 0 Å². The Bertz CT molecular complexity index is 919. The summed E-state index contributed by atoms with van der Waals surface area (Å²) in [7, 11) is 1.78. The Kier molecular flexibility index (Phi) is 5.27. The molecular weight excluding hydrogens is 362 g/mol. The van der Waals surface area contributed by atoms with Crippen LogP contribution in [0.3, 0.4) is 0 Å². The Morgan fingerprint density at radius 1 is 1.04 bits per heavy atom. The van der Waals surface area contributed by atoms with E-state index >= 15 is 0 Å². The Hall–Kier alpha value is -2.74. The summed E-state index contributed by atoms with van der Waals surface area (Å²) < 4.78 is 56.6. The Morgan fingerprint density at radius 2 is 1.74 bits per heavy atom. The fourth-order valence-corrected chi connectivity index (χ4v) is 2.57. The number of halogens is 4. The van der Waals surface area contributed by atoms with Gasteiger partial charge in [-0.25, -0.2) is 4.39 Å². The molecule has 3 rings (SSSR count). The van der Waals surface area contributed by atoms with Gasteiger partial charge in [-0.3, -0.25) is 4.90 Å². The van der Waals surface area contributed by atoms with Gasteiger partial charge in [0.1, 0.15) is 5.82 Å². The lowest BCUT2D eigenvalue weighted by molar-refractivity contribution is -0.137. The number of hydrogen-bond acceptors (Lipinski definition) is 4. The summed E-state index contributed by atoms with van der Waals surface area (Å²) in [5, 5.41) is 3.85. The van der Waals surface area contributed by atoms with Gasteiger partial charge in [-0.2, -0.15) is 18.2 Å². The smallest absolute Gasteiger partial charge is 0.338 e. The van der Waals surface area contributed by atoms with E-state index in [0.29, 0.717) is 30.1 Å². The highest BCUT2D eigenvalue weighted by atomic mass is 19.4. The van der Waals surface area contributed by atoms with Gasteiger partial charge in [0.05, 0.1) is 12.1 Å². The number of hydrogen-bond donors (Lipinski definition) is 0. The second-order valence-electron chi connectivity index (χ2n) is 6.34. The molecule has 0 spiro atoms. The number of aromatic nitrogens is 2. The molecule has 1 aromatic heterocycles. The van der Waals surface area contributed by atoms with E-state index in [1.54, 1.807) is 26.1 Å². The maximum atomic E-state index is 13.7. The van der Waals surface area contributed by atoms with Gasteiger partial charge in [0.2, 0.25) is 11.7 Å². The normalized spacial score (nSPS) is 12.0. The molecule has 0 atom stereocenters. The molecule has 142 valence electrons.